The van der Waals surface area contributed by atoms with Gasteiger partial charge in [-0.2, -0.15) is 0 Å². The molecule has 0 saturated carbocycles. The number of piperazine rings is 1. The minimum Gasteiger partial charge on any atom is -0.465 e. The van der Waals surface area contributed by atoms with Crippen molar-refractivity contribution in [2.75, 3.05) is 33.4 Å². The minimum atomic E-state index is -0.506. The van der Waals surface area contributed by atoms with Gasteiger partial charge in [0.25, 0.3) is 0 Å². The highest BCUT2D eigenvalue weighted by Gasteiger charge is 2.28. The van der Waals surface area contributed by atoms with Gasteiger partial charge < -0.3 is 24.4 Å². The Morgan fingerprint density at radius 2 is 2.16 bits per heavy atom. The van der Waals surface area contributed by atoms with E-state index in [0.29, 0.717) is 38.2 Å². The number of carbonyl (C=O) groups is 2. The lowest BCUT2D eigenvalue weighted by atomic mass is 10.2. The van der Waals surface area contributed by atoms with Gasteiger partial charge in [0.2, 0.25) is 0 Å². The second kappa shape index (κ2) is 8.44. The number of ether oxygens (including phenoxy) is 3. The van der Waals surface area contributed by atoms with E-state index in [2.05, 4.69) is 15.0 Å². The van der Waals surface area contributed by atoms with Crippen LogP contribution in [0.4, 0.5) is 4.79 Å². The van der Waals surface area contributed by atoms with Gasteiger partial charge in [0.1, 0.15) is 5.60 Å². The first-order valence-corrected chi connectivity index (χ1v) is 8.43. The van der Waals surface area contributed by atoms with Crippen LogP contribution in [-0.2, 0) is 19.0 Å². The molecule has 0 radical (unpaired) electrons. The SMILES string of the molecule is COC(=O)C1=CCC(OC[C@@H]2CN(C(=O)OC(C)(C)C)CCN2)N=C1. The normalized spacial score (nSPS) is 23.8. The number of nitrogens with zero attached hydrogens (tertiary/aromatic N) is 2. The van der Waals surface area contributed by atoms with Gasteiger partial charge in [-0.1, -0.05) is 6.08 Å². The standard InChI is InChI=1S/C17H27N3O5/c1-17(2,3)25-16(22)20-8-7-18-13(10-20)11-24-14-6-5-12(9-19-14)15(21)23-4/h5,9,13-14,18H,6-8,10-11H2,1-4H3/t13-,14?/m0/s1. The number of nitrogens with one attached hydrogen (secondary N) is 1. The van der Waals surface area contributed by atoms with Crippen LogP contribution in [-0.4, -0.2) is 74.4 Å². The molecular formula is C17H27N3O5. The van der Waals surface area contributed by atoms with E-state index in [-0.39, 0.29) is 18.4 Å². The van der Waals surface area contributed by atoms with E-state index < -0.39 is 11.6 Å². The number of esters is 1. The Labute approximate surface area is 148 Å². The number of carbonyl (C=O) groups excluding carboxylic acids is 2. The topological polar surface area (TPSA) is 89.5 Å². The third-order valence-corrected chi connectivity index (χ3v) is 3.74. The maximum absolute atomic E-state index is 12.2. The van der Waals surface area contributed by atoms with E-state index in [1.807, 2.05) is 20.8 Å². The largest absolute Gasteiger partial charge is 0.465 e. The Balaban J connectivity index is 1.76. The van der Waals surface area contributed by atoms with Crippen molar-refractivity contribution in [3.8, 4) is 0 Å². The Bertz CT molecular complexity index is 553. The van der Waals surface area contributed by atoms with Gasteiger partial charge in [-0.3, -0.25) is 4.99 Å². The van der Waals surface area contributed by atoms with Crippen LogP contribution in [0.25, 0.3) is 0 Å². The van der Waals surface area contributed by atoms with Gasteiger partial charge >= 0.3 is 12.1 Å². The third kappa shape index (κ3) is 6.13. The van der Waals surface area contributed by atoms with E-state index >= 15 is 0 Å². The molecule has 0 aromatic heterocycles. The number of aliphatic imine (C=N–C) groups is 1. The molecule has 25 heavy (non-hydrogen) atoms. The van der Waals surface area contributed by atoms with E-state index in [0.717, 1.165) is 0 Å². The van der Waals surface area contributed by atoms with Crippen molar-refractivity contribution in [3.05, 3.63) is 11.6 Å². The van der Waals surface area contributed by atoms with E-state index in [9.17, 15) is 9.59 Å². The molecule has 0 aliphatic carbocycles. The molecule has 0 aromatic carbocycles. The zero-order chi connectivity index (χ0) is 18.4. The number of hydrogen-bond acceptors (Lipinski definition) is 7. The van der Waals surface area contributed by atoms with Crippen LogP contribution in [0.2, 0.25) is 0 Å². The lowest BCUT2D eigenvalue weighted by Crippen LogP contribution is -2.55. The lowest BCUT2D eigenvalue weighted by molar-refractivity contribution is -0.135. The summed E-state index contributed by atoms with van der Waals surface area (Å²) in [5.41, 5.74) is -0.0664. The zero-order valence-corrected chi connectivity index (χ0v) is 15.3. The first-order chi connectivity index (χ1) is 11.8. The van der Waals surface area contributed by atoms with Crippen molar-refractivity contribution in [2.24, 2.45) is 4.99 Å². The molecule has 0 bridgehead atoms. The summed E-state index contributed by atoms with van der Waals surface area (Å²) in [6, 6.07) is 0.0162. The van der Waals surface area contributed by atoms with Crippen LogP contribution in [0.15, 0.2) is 16.6 Å². The van der Waals surface area contributed by atoms with Crippen molar-refractivity contribution < 1.29 is 23.8 Å². The summed E-state index contributed by atoms with van der Waals surface area (Å²) in [7, 11) is 1.34. The van der Waals surface area contributed by atoms with Crippen molar-refractivity contribution in [1.29, 1.82) is 0 Å². The van der Waals surface area contributed by atoms with Crippen LogP contribution in [0.3, 0.4) is 0 Å². The maximum Gasteiger partial charge on any atom is 0.410 e. The van der Waals surface area contributed by atoms with E-state index in [1.165, 1.54) is 13.3 Å². The predicted molar refractivity (Wildman–Crippen MR) is 92.5 cm³/mol. The highest BCUT2D eigenvalue weighted by Crippen LogP contribution is 2.14. The maximum atomic E-state index is 12.2. The van der Waals surface area contributed by atoms with Crippen LogP contribution >= 0.6 is 0 Å². The molecule has 2 aliphatic rings. The Hall–Kier alpha value is -1.93. The molecule has 8 nitrogen and oxygen atoms in total. The highest BCUT2D eigenvalue weighted by atomic mass is 16.6. The van der Waals surface area contributed by atoms with Gasteiger partial charge in [-0.25, -0.2) is 9.59 Å². The second-order valence-corrected chi connectivity index (χ2v) is 7.03. The van der Waals surface area contributed by atoms with Crippen LogP contribution < -0.4 is 5.32 Å². The van der Waals surface area contributed by atoms with Crippen LogP contribution in [0.1, 0.15) is 27.2 Å². The summed E-state index contributed by atoms with van der Waals surface area (Å²) in [4.78, 5) is 29.5. The summed E-state index contributed by atoms with van der Waals surface area (Å²) in [6.07, 6.45) is 3.11. The molecule has 0 spiro atoms. The number of rotatable bonds is 4. The van der Waals surface area contributed by atoms with E-state index in [4.69, 9.17) is 9.47 Å². The second-order valence-electron chi connectivity index (χ2n) is 7.03. The number of dihydropyridines is 1. The molecule has 2 rings (SSSR count). The minimum absolute atomic E-state index is 0.0162. The van der Waals surface area contributed by atoms with Gasteiger partial charge in [-0.05, 0) is 20.8 Å². The number of methoxy groups -OCH3 is 1. The first-order valence-electron chi connectivity index (χ1n) is 8.43. The Kier molecular flexibility index (Phi) is 6.55. The lowest BCUT2D eigenvalue weighted by Gasteiger charge is -2.35. The van der Waals surface area contributed by atoms with Crippen molar-refractivity contribution in [1.82, 2.24) is 10.2 Å². The fraction of sp³-hybridized carbons (Fsp3) is 0.706. The predicted octanol–water partition coefficient (Wildman–Crippen LogP) is 1.11. The average Bonchev–Trinajstić information content (AvgIpc) is 2.58. The van der Waals surface area contributed by atoms with Crippen molar-refractivity contribution in [2.45, 2.75) is 45.1 Å². The summed E-state index contributed by atoms with van der Waals surface area (Å²) in [6.45, 7) is 7.80. The summed E-state index contributed by atoms with van der Waals surface area (Å²) >= 11 is 0. The number of hydrogen-bond donors (Lipinski definition) is 1. The third-order valence-electron chi connectivity index (χ3n) is 3.74. The zero-order valence-electron chi connectivity index (χ0n) is 15.3. The van der Waals surface area contributed by atoms with Crippen molar-refractivity contribution >= 4 is 18.3 Å². The molecule has 140 valence electrons. The molecule has 1 saturated heterocycles. The molecule has 8 heteroatoms. The summed E-state index contributed by atoms with van der Waals surface area (Å²) in [5.74, 6) is -0.399. The van der Waals surface area contributed by atoms with Crippen molar-refractivity contribution in [3.63, 3.8) is 0 Å². The molecule has 1 N–H and O–H groups in total. The van der Waals surface area contributed by atoms with Gasteiger partial charge in [0.05, 0.1) is 19.3 Å². The molecule has 1 fully saturated rings. The molecule has 0 aromatic rings. The Morgan fingerprint density at radius 3 is 2.76 bits per heavy atom. The van der Waals surface area contributed by atoms with Gasteiger partial charge in [0.15, 0.2) is 6.23 Å². The van der Waals surface area contributed by atoms with Gasteiger partial charge in [0, 0.05) is 38.3 Å². The molecule has 2 aliphatic heterocycles. The molecule has 1 amide bonds. The average molecular weight is 353 g/mol. The van der Waals surface area contributed by atoms with E-state index in [1.54, 1.807) is 11.0 Å². The molecule has 1 unspecified atom stereocenters. The first kappa shape index (κ1) is 19.4. The fourth-order valence-corrected chi connectivity index (χ4v) is 2.53. The van der Waals surface area contributed by atoms with Crippen LogP contribution in [0.5, 0.6) is 0 Å². The van der Waals surface area contributed by atoms with Gasteiger partial charge in [-0.15, -0.1) is 0 Å². The number of amides is 1. The molecular weight excluding hydrogens is 326 g/mol. The highest BCUT2D eigenvalue weighted by molar-refractivity contribution is 6.09. The fourth-order valence-electron chi connectivity index (χ4n) is 2.53. The molecule has 2 atom stereocenters. The summed E-state index contributed by atoms with van der Waals surface area (Å²) < 4.78 is 15.8. The Morgan fingerprint density at radius 1 is 1.40 bits per heavy atom. The smallest absolute Gasteiger partial charge is 0.410 e. The summed E-state index contributed by atoms with van der Waals surface area (Å²) in [5, 5.41) is 3.33. The quantitative estimate of drug-likeness (QED) is 0.762. The monoisotopic (exact) mass is 353 g/mol. The molecule has 2 heterocycles. The van der Waals surface area contributed by atoms with Crippen LogP contribution in [0, 0.1) is 0 Å².